The van der Waals surface area contributed by atoms with Gasteiger partial charge in [-0.3, -0.25) is 0 Å². The molecule has 4 aromatic carbocycles. The summed E-state index contributed by atoms with van der Waals surface area (Å²) in [5.41, 5.74) is 0.111. The number of benzene rings is 4. The fourth-order valence-electron chi connectivity index (χ4n) is 6.79. The molecule has 1 fully saturated rings. The van der Waals surface area contributed by atoms with Crippen molar-refractivity contribution in [3.8, 4) is 0 Å². The van der Waals surface area contributed by atoms with Gasteiger partial charge in [-0.2, -0.15) is 0 Å². The van der Waals surface area contributed by atoms with Gasteiger partial charge >= 0.3 is 337 Å². The Labute approximate surface area is 335 Å². The Bertz CT molecular complexity index is 1720. The van der Waals surface area contributed by atoms with Gasteiger partial charge in [0.2, 0.25) is 0 Å². The van der Waals surface area contributed by atoms with E-state index in [-0.39, 0.29) is 6.61 Å². The van der Waals surface area contributed by atoms with Gasteiger partial charge in [0.15, 0.2) is 0 Å². The Morgan fingerprint density at radius 3 is 1.35 bits per heavy atom. The molecule has 0 unspecified atom stereocenters. The number of hydrogen-bond acceptors (Lipinski definition) is 9. The summed E-state index contributed by atoms with van der Waals surface area (Å²) in [6.07, 6.45) is 2.11. The van der Waals surface area contributed by atoms with Crippen molar-refractivity contribution in [1.82, 2.24) is 0 Å². The first-order chi connectivity index (χ1) is 26.9. The molecule has 0 amide bonds. The third-order valence-corrected chi connectivity index (χ3v) is 24.1. The molecule has 0 radical (unpaired) electrons. The first kappa shape index (κ1) is 42.5. The van der Waals surface area contributed by atoms with E-state index in [9.17, 15) is 14.4 Å². The number of carbonyl (C=O) groups is 3. The molecule has 292 valence electrons. The van der Waals surface area contributed by atoms with Gasteiger partial charge in [0.05, 0.1) is 0 Å². The summed E-state index contributed by atoms with van der Waals surface area (Å²) >= 11 is -1.89. The average molecular weight is 874 g/mol. The summed E-state index contributed by atoms with van der Waals surface area (Å²) in [5.74, 6) is -1.87. The Kier molecular flexibility index (Phi) is 17.1. The quantitative estimate of drug-likeness (QED) is 0.0488. The summed E-state index contributed by atoms with van der Waals surface area (Å²) in [6, 6.07) is 35.6. The predicted octanol–water partition coefficient (Wildman–Crippen LogP) is 10.5. The van der Waals surface area contributed by atoms with Gasteiger partial charge in [0, 0.05) is 0 Å². The molecule has 4 aromatic rings. The van der Waals surface area contributed by atoms with Crippen LogP contribution in [0, 0.1) is 0 Å². The molecule has 0 saturated carbocycles. The van der Waals surface area contributed by atoms with Crippen molar-refractivity contribution < 1.29 is 36.4 Å². The first-order valence-corrected chi connectivity index (χ1v) is 27.8. The van der Waals surface area contributed by atoms with Crippen LogP contribution in [0.25, 0.3) is 0 Å². The van der Waals surface area contributed by atoms with E-state index in [4.69, 9.17) is 22.0 Å². The fraction of sp³-hybridized carbons (Fsp3) is 0.400. The van der Waals surface area contributed by atoms with Crippen LogP contribution in [0.3, 0.4) is 0 Å². The molecule has 10 heteroatoms. The molecule has 5 rings (SSSR count). The molecule has 8 nitrogen and oxygen atoms in total. The maximum absolute atomic E-state index is 14.0. The molecule has 5 atom stereocenters. The van der Waals surface area contributed by atoms with E-state index in [1.807, 2.05) is 48.5 Å². The zero-order valence-corrected chi connectivity index (χ0v) is 35.8. The summed E-state index contributed by atoms with van der Waals surface area (Å²) in [6.45, 7) is 6.80. The summed E-state index contributed by atoms with van der Waals surface area (Å²) in [7, 11) is 0. The van der Waals surface area contributed by atoms with Gasteiger partial charge in [0.1, 0.15) is 0 Å². The third kappa shape index (κ3) is 12.4. The van der Waals surface area contributed by atoms with E-state index >= 15 is 0 Å². The molecule has 0 spiro atoms. The second-order valence-electron chi connectivity index (χ2n) is 14.0. The number of unbranched alkanes of at least 4 members (excludes halogenated alkanes) is 3. The van der Waals surface area contributed by atoms with Crippen LogP contribution in [0.15, 0.2) is 126 Å². The van der Waals surface area contributed by atoms with Gasteiger partial charge in [-0.25, -0.2) is 0 Å². The number of rotatable bonds is 20. The van der Waals surface area contributed by atoms with E-state index in [1.165, 1.54) is 11.8 Å². The molecular weight excluding hydrogens is 819 g/mol. The SMILES string of the molecule is CCC[CH2][Sn]([CH2]CCC)([CH2]CCC)[O]C[C@H]1O[C@@H](Sc2ccccc2)[C@H](OC(=O)c2ccccc2)[C@@H](OC(=O)c2ccccc2)[C@@H]1OC(=O)c1ccccc1. The number of thioether (sulfide) groups is 1. The zero-order chi connectivity index (χ0) is 38.9. The molecule has 0 bridgehead atoms. The molecule has 0 aliphatic carbocycles. The van der Waals surface area contributed by atoms with Gasteiger partial charge in [-0.15, -0.1) is 0 Å². The Morgan fingerprint density at radius 1 is 0.545 bits per heavy atom. The van der Waals surface area contributed by atoms with E-state index in [1.54, 1.807) is 72.8 Å². The minimum absolute atomic E-state index is 0.157. The monoisotopic (exact) mass is 874 g/mol. The average Bonchev–Trinajstić information content (AvgIpc) is 3.23. The van der Waals surface area contributed by atoms with Crippen molar-refractivity contribution in [2.45, 2.75) is 107 Å². The van der Waals surface area contributed by atoms with Crippen LogP contribution in [0.4, 0.5) is 0 Å². The van der Waals surface area contributed by atoms with Gasteiger partial charge in [-0.1, -0.05) is 0 Å². The number of hydrogen-bond donors (Lipinski definition) is 0. The van der Waals surface area contributed by atoms with Crippen LogP contribution < -0.4 is 0 Å². The fourth-order valence-corrected chi connectivity index (χ4v) is 21.3. The molecule has 0 N–H and O–H groups in total. The van der Waals surface area contributed by atoms with E-state index in [0.29, 0.717) is 16.7 Å². The second kappa shape index (κ2) is 22.2. The maximum atomic E-state index is 14.0. The zero-order valence-electron chi connectivity index (χ0n) is 32.2. The van der Waals surface area contributed by atoms with Crippen molar-refractivity contribution in [2.75, 3.05) is 6.61 Å². The molecule has 1 aliphatic heterocycles. The first-order valence-electron chi connectivity index (χ1n) is 19.7. The van der Waals surface area contributed by atoms with Crippen LogP contribution in [-0.2, 0) is 22.0 Å². The summed E-state index contributed by atoms with van der Waals surface area (Å²) in [4.78, 5) is 42.7. The number of carbonyl (C=O) groups excluding carboxylic acids is 3. The Balaban J connectivity index is 1.60. The second-order valence-corrected chi connectivity index (χ2v) is 27.0. The molecule has 1 heterocycles. The number of ether oxygens (including phenoxy) is 4. The van der Waals surface area contributed by atoms with Gasteiger partial charge in [0.25, 0.3) is 0 Å². The minimum atomic E-state index is -3.25. The predicted molar refractivity (Wildman–Crippen MR) is 219 cm³/mol. The van der Waals surface area contributed by atoms with Crippen molar-refractivity contribution in [3.63, 3.8) is 0 Å². The third-order valence-electron chi connectivity index (χ3n) is 9.86. The Hall–Kier alpha value is -3.64. The van der Waals surface area contributed by atoms with Crippen LogP contribution in [-0.4, -0.2) is 73.2 Å². The van der Waals surface area contributed by atoms with Crippen LogP contribution >= 0.6 is 11.8 Å². The number of esters is 3. The Morgan fingerprint density at radius 2 is 0.927 bits per heavy atom. The van der Waals surface area contributed by atoms with E-state index in [2.05, 4.69) is 20.8 Å². The van der Waals surface area contributed by atoms with Gasteiger partial charge < -0.3 is 0 Å². The standard InChI is InChI=1S/C33H27O8S.3C4H9.Sn/c34-21-26-27(39-30(35)22-13-5-1-6-14-22)28(40-31(36)23-15-7-2-8-16-23)29(41-32(37)24-17-9-3-10-18-24)33(38-26)42-25-19-11-4-12-20-25;3*1-3-4-2;/h1-20,26-29,33H,21H2;3*1,3-4H2,2H3;/q-1;;;;+1/t26-,27-,28+,29-,33+;;;;/m1..../s1. The van der Waals surface area contributed by atoms with Crippen molar-refractivity contribution >= 4 is 48.5 Å². The molecule has 1 saturated heterocycles. The topological polar surface area (TPSA) is 97.4 Å². The van der Waals surface area contributed by atoms with Crippen molar-refractivity contribution in [2.24, 2.45) is 0 Å². The summed E-state index contributed by atoms with van der Waals surface area (Å²) < 4.78 is 36.5. The normalized spacial score (nSPS) is 19.7. The molecule has 55 heavy (non-hydrogen) atoms. The van der Waals surface area contributed by atoms with E-state index < -0.39 is 66.6 Å². The van der Waals surface area contributed by atoms with Crippen molar-refractivity contribution in [3.05, 3.63) is 138 Å². The molecule has 1 aliphatic rings. The molecular formula is C45H54O8SSn. The van der Waals surface area contributed by atoms with Gasteiger partial charge in [-0.05, 0) is 0 Å². The van der Waals surface area contributed by atoms with Crippen LogP contribution in [0.5, 0.6) is 0 Å². The van der Waals surface area contributed by atoms with E-state index in [0.717, 1.165) is 56.7 Å². The van der Waals surface area contributed by atoms with Crippen LogP contribution in [0.1, 0.15) is 90.4 Å². The van der Waals surface area contributed by atoms with Crippen LogP contribution in [0.2, 0.25) is 13.3 Å². The molecule has 0 aromatic heterocycles. The van der Waals surface area contributed by atoms with Crippen molar-refractivity contribution in [1.29, 1.82) is 0 Å². The summed E-state index contributed by atoms with van der Waals surface area (Å²) in [5, 5.41) is 0.